The van der Waals surface area contributed by atoms with Crippen LogP contribution in [0.4, 0.5) is 0 Å². The van der Waals surface area contributed by atoms with E-state index in [-0.39, 0.29) is 64.1 Å². The quantitative estimate of drug-likeness (QED) is 0.0991. The molecule has 7 rings (SSSR count). The molecule has 2 aliphatic rings. The number of hydrogen-bond acceptors (Lipinski definition) is 10. The Hall–Kier alpha value is -6.22. The van der Waals surface area contributed by atoms with E-state index >= 15 is 0 Å². The van der Waals surface area contributed by atoms with Gasteiger partial charge in [-0.15, -0.1) is 0 Å². The van der Waals surface area contributed by atoms with E-state index in [1.54, 1.807) is 65.6 Å². The Morgan fingerprint density at radius 2 is 1.56 bits per heavy atom. The number of amides is 2. The molecule has 2 amide bonds. The molecule has 5 aromatic rings. The van der Waals surface area contributed by atoms with Gasteiger partial charge in [0.2, 0.25) is 11.2 Å². The molecule has 14 heteroatoms. The van der Waals surface area contributed by atoms with E-state index in [0.29, 0.717) is 55.0 Å². The van der Waals surface area contributed by atoms with Crippen molar-refractivity contribution in [3.8, 4) is 17.2 Å². The van der Waals surface area contributed by atoms with Crippen LogP contribution in [0.5, 0.6) is 17.2 Å². The van der Waals surface area contributed by atoms with Gasteiger partial charge in [0.15, 0.2) is 6.61 Å². The standard InChI is InChI=1S/C45H48N4O10/c1-58-38-24-29(26-46-27-37(51)33-12-14-36(50)41-34(33)13-15-39(52)47-41)10-11-35(38)42(54)49-22-18-44(19-23-49)16-20-48(21-17-44)40(53)28-59-32-9-5-8-31(25-32)45(57,43(55)56)30-6-3-2-4-7-30/h2-15,24-25,37,46,50-51,57H,16-23,26-28H2,1H3,(H,47,52)(H,55,56). The molecule has 2 fully saturated rings. The first-order valence-electron chi connectivity index (χ1n) is 19.6. The predicted molar refractivity (Wildman–Crippen MR) is 218 cm³/mol. The zero-order valence-corrected chi connectivity index (χ0v) is 32.7. The number of aromatic amines is 1. The summed E-state index contributed by atoms with van der Waals surface area (Å²) < 4.78 is 11.4. The van der Waals surface area contributed by atoms with Gasteiger partial charge in [-0.3, -0.25) is 14.4 Å². The Kier molecular flexibility index (Phi) is 12.0. The average Bonchev–Trinajstić information content (AvgIpc) is 3.26. The molecule has 1 aromatic heterocycles. The molecule has 2 aliphatic heterocycles. The van der Waals surface area contributed by atoms with Crippen molar-refractivity contribution in [3.05, 3.63) is 135 Å². The molecule has 14 nitrogen and oxygen atoms in total. The smallest absolute Gasteiger partial charge is 0.345 e. The molecule has 4 aromatic carbocycles. The number of phenolic OH excluding ortho intramolecular Hbond substituents is 1. The van der Waals surface area contributed by atoms with Crippen LogP contribution in [0, 0.1) is 5.41 Å². The third-order valence-corrected chi connectivity index (χ3v) is 11.8. The van der Waals surface area contributed by atoms with Gasteiger partial charge in [0.05, 0.1) is 24.3 Å². The largest absolute Gasteiger partial charge is 0.506 e. The zero-order chi connectivity index (χ0) is 41.7. The number of nitrogens with one attached hydrogen (secondary N) is 2. The molecule has 2 atom stereocenters. The zero-order valence-electron chi connectivity index (χ0n) is 32.7. The number of likely N-dealkylation sites (tertiary alicyclic amines) is 2. The molecule has 3 heterocycles. The van der Waals surface area contributed by atoms with Crippen molar-refractivity contribution in [3.63, 3.8) is 0 Å². The highest BCUT2D eigenvalue weighted by atomic mass is 16.5. The summed E-state index contributed by atoms with van der Waals surface area (Å²) in [6, 6.07) is 25.7. The van der Waals surface area contributed by atoms with Crippen LogP contribution in [0.1, 0.15) is 64.4 Å². The summed E-state index contributed by atoms with van der Waals surface area (Å²) >= 11 is 0. The number of fused-ring (bicyclic) bond motifs is 1. The monoisotopic (exact) mass is 804 g/mol. The lowest BCUT2D eigenvalue weighted by Crippen LogP contribution is -2.50. The van der Waals surface area contributed by atoms with Crippen LogP contribution in [0.2, 0.25) is 0 Å². The number of aliphatic carboxylic acids is 1. The molecule has 2 saturated heterocycles. The number of carboxylic acids is 1. The number of ether oxygens (including phenoxy) is 2. The minimum Gasteiger partial charge on any atom is -0.506 e. The molecule has 59 heavy (non-hydrogen) atoms. The number of aromatic nitrogens is 1. The SMILES string of the molecule is COc1cc(CNCC(O)c2ccc(O)c3[nH]c(=O)ccc23)ccc1C(=O)N1CCC2(CCN(C(=O)COc3cccc(C(O)(C(=O)O)c4ccccc4)c3)CC2)CC1. The fourth-order valence-electron chi connectivity index (χ4n) is 8.26. The Morgan fingerprint density at radius 3 is 2.25 bits per heavy atom. The fourth-order valence-corrected chi connectivity index (χ4v) is 8.26. The van der Waals surface area contributed by atoms with E-state index in [1.165, 1.54) is 31.4 Å². The number of piperidine rings is 2. The first kappa shape index (κ1) is 41.0. The van der Waals surface area contributed by atoms with Crippen molar-refractivity contribution in [1.29, 1.82) is 0 Å². The summed E-state index contributed by atoms with van der Waals surface area (Å²) in [6.45, 7) is 2.67. The number of carbonyl (C=O) groups excluding carboxylic acids is 2. The number of methoxy groups -OCH3 is 1. The molecule has 0 aliphatic carbocycles. The number of nitrogens with zero attached hydrogens (tertiary/aromatic N) is 2. The van der Waals surface area contributed by atoms with Gasteiger partial charge in [-0.05, 0) is 84.2 Å². The molecule has 0 bridgehead atoms. The van der Waals surface area contributed by atoms with Crippen LogP contribution < -0.4 is 20.3 Å². The van der Waals surface area contributed by atoms with E-state index in [0.717, 1.165) is 31.2 Å². The Labute approximate surface area is 340 Å². The van der Waals surface area contributed by atoms with Crippen molar-refractivity contribution in [2.75, 3.05) is 46.4 Å². The number of aromatic hydroxyl groups is 1. The number of hydrogen-bond donors (Lipinski definition) is 6. The summed E-state index contributed by atoms with van der Waals surface area (Å²) in [7, 11) is 1.53. The number of rotatable bonds is 13. The average molecular weight is 805 g/mol. The van der Waals surface area contributed by atoms with Gasteiger partial charge in [0.25, 0.3) is 11.8 Å². The number of carbonyl (C=O) groups is 3. The molecule has 0 radical (unpaired) electrons. The summed E-state index contributed by atoms with van der Waals surface area (Å²) in [4.78, 5) is 57.1. The maximum Gasteiger partial charge on any atom is 0.345 e. The van der Waals surface area contributed by atoms with Gasteiger partial charge < -0.3 is 50.0 Å². The number of aliphatic hydroxyl groups excluding tert-OH is 1. The minimum atomic E-state index is -2.28. The van der Waals surface area contributed by atoms with Gasteiger partial charge in [0, 0.05) is 56.3 Å². The lowest BCUT2D eigenvalue weighted by molar-refractivity contribution is -0.155. The van der Waals surface area contributed by atoms with Crippen molar-refractivity contribution in [2.45, 2.75) is 43.9 Å². The van der Waals surface area contributed by atoms with Crippen molar-refractivity contribution in [1.82, 2.24) is 20.1 Å². The lowest BCUT2D eigenvalue weighted by atomic mass is 9.71. The highest BCUT2D eigenvalue weighted by molar-refractivity contribution is 5.97. The van der Waals surface area contributed by atoms with Gasteiger partial charge in [0.1, 0.15) is 17.2 Å². The van der Waals surface area contributed by atoms with Crippen LogP contribution >= 0.6 is 0 Å². The maximum atomic E-state index is 13.7. The van der Waals surface area contributed by atoms with Gasteiger partial charge in [-0.1, -0.05) is 54.6 Å². The molecule has 0 saturated carbocycles. The highest BCUT2D eigenvalue weighted by Crippen LogP contribution is 2.42. The van der Waals surface area contributed by atoms with Gasteiger partial charge in [-0.25, -0.2) is 4.79 Å². The molecular formula is C45H48N4O10. The Balaban J connectivity index is 0.882. The van der Waals surface area contributed by atoms with Crippen LogP contribution in [0.25, 0.3) is 10.9 Å². The summed E-state index contributed by atoms with van der Waals surface area (Å²) in [5, 5.41) is 46.0. The van der Waals surface area contributed by atoms with E-state index in [9.17, 15) is 39.6 Å². The first-order chi connectivity index (χ1) is 28.4. The Morgan fingerprint density at radius 1 is 0.864 bits per heavy atom. The predicted octanol–water partition coefficient (Wildman–Crippen LogP) is 4.31. The van der Waals surface area contributed by atoms with E-state index < -0.39 is 17.7 Å². The van der Waals surface area contributed by atoms with Gasteiger partial charge >= 0.3 is 5.97 Å². The summed E-state index contributed by atoms with van der Waals surface area (Å²) in [6.07, 6.45) is 2.33. The maximum absolute atomic E-state index is 13.7. The Bertz CT molecular complexity index is 2380. The lowest BCUT2D eigenvalue weighted by Gasteiger charge is -2.46. The number of pyridine rings is 1. The minimum absolute atomic E-state index is 0.0231. The number of phenols is 1. The molecular weight excluding hydrogens is 757 g/mol. The summed E-state index contributed by atoms with van der Waals surface area (Å²) in [5.41, 5.74) is -0.135. The van der Waals surface area contributed by atoms with Crippen molar-refractivity contribution >= 4 is 28.7 Å². The topological polar surface area (TPSA) is 202 Å². The van der Waals surface area contributed by atoms with E-state index in [4.69, 9.17) is 9.47 Å². The molecule has 1 spiro atoms. The number of aliphatic hydroxyl groups is 2. The van der Waals surface area contributed by atoms with Crippen LogP contribution in [0.15, 0.2) is 102 Å². The molecule has 2 unspecified atom stereocenters. The first-order valence-corrected chi connectivity index (χ1v) is 19.6. The normalized spacial score (nSPS) is 16.7. The number of carboxylic acid groups (broad SMARTS) is 1. The second-order valence-electron chi connectivity index (χ2n) is 15.3. The highest BCUT2D eigenvalue weighted by Gasteiger charge is 2.41. The van der Waals surface area contributed by atoms with Crippen LogP contribution in [-0.4, -0.2) is 99.4 Å². The van der Waals surface area contributed by atoms with E-state index in [1.807, 2.05) is 17.0 Å². The van der Waals surface area contributed by atoms with Crippen molar-refractivity contribution < 1.29 is 44.3 Å². The van der Waals surface area contributed by atoms with Crippen LogP contribution in [-0.2, 0) is 21.7 Å². The van der Waals surface area contributed by atoms with Crippen LogP contribution in [0.3, 0.4) is 0 Å². The molecule has 308 valence electrons. The third-order valence-electron chi connectivity index (χ3n) is 11.8. The van der Waals surface area contributed by atoms with E-state index in [2.05, 4.69) is 10.3 Å². The van der Waals surface area contributed by atoms with Crippen molar-refractivity contribution in [2.24, 2.45) is 5.41 Å². The third kappa shape index (κ3) is 8.65. The van der Waals surface area contributed by atoms with Gasteiger partial charge in [-0.2, -0.15) is 0 Å². The number of H-pyrrole nitrogens is 1. The summed E-state index contributed by atoms with van der Waals surface area (Å²) in [5.74, 6) is -1.06. The second kappa shape index (κ2) is 17.3. The number of benzene rings is 4. The second-order valence-corrected chi connectivity index (χ2v) is 15.3. The molecule has 6 N–H and O–H groups in total. The fraction of sp³-hybridized carbons (Fsp3) is 0.333.